The largest absolute Gasteiger partial charge is 0.375 e. The Morgan fingerprint density at radius 3 is 3.12 bits per heavy atom. The third-order valence-electron chi connectivity index (χ3n) is 2.10. The molecule has 0 atom stereocenters. The lowest BCUT2D eigenvalue weighted by Crippen LogP contribution is -2.17. The molecule has 2 heterocycles. The van der Waals surface area contributed by atoms with Gasteiger partial charge in [-0.05, 0) is 19.1 Å². The summed E-state index contributed by atoms with van der Waals surface area (Å²) in [4.78, 5) is 15.6. The quantitative estimate of drug-likeness (QED) is 0.803. The molecule has 0 radical (unpaired) electrons. The number of nitrogens with one attached hydrogen (secondary N) is 2. The van der Waals surface area contributed by atoms with Crippen molar-refractivity contribution < 1.29 is 9.53 Å². The van der Waals surface area contributed by atoms with Crippen LogP contribution in [0, 0.1) is 6.92 Å². The monoisotopic (exact) mass is 220 g/mol. The van der Waals surface area contributed by atoms with Gasteiger partial charge < -0.3 is 10.1 Å². The first kappa shape index (κ1) is 10.6. The molecule has 0 aromatic carbocycles. The van der Waals surface area contributed by atoms with E-state index in [1.165, 1.54) is 7.11 Å². The zero-order valence-electron chi connectivity index (χ0n) is 9.07. The summed E-state index contributed by atoms with van der Waals surface area (Å²) in [5.74, 6) is 0.237. The SMILES string of the molecule is COCC(=O)Nc1n[nH]c2nc(C)ccc12. The first-order valence-corrected chi connectivity index (χ1v) is 4.81. The molecule has 16 heavy (non-hydrogen) atoms. The Hall–Kier alpha value is -1.95. The van der Waals surface area contributed by atoms with Crippen LogP contribution in [0.25, 0.3) is 11.0 Å². The number of ether oxygens (including phenoxy) is 1. The number of nitrogens with zero attached hydrogens (tertiary/aromatic N) is 2. The molecule has 6 heteroatoms. The van der Waals surface area contributed by atoms with E-state index in [1.54, 1.807) is 0 Å². The second-order valence-corrected chi connectivity index (χ2v) is 3.40. The van der Waals surface area contributed by atoms with Gasteiger partial charge in [0.2, 0.25) is 0 Å². The van der Waals surface area contributed by atoms with E-state index in [0.717, 1.165) is 11.1 Å². The van der Waals surface area contributed by atoms with Gasteiger partial charge in [0.05, 0.1) is 5.39 Å². The second-order valence-electron chi connectivity index (χ2n) is 3.40. The van der Waals surface area contributed by atoms with Crippen molar-refractivity contribution in [3.63, 3.8) is 0 Å². The maximum absolute atomic E-state index is 11.3. The highest BCUT2D eigenvalue weighted by atomic mass is 16.5. The Bertz CT molecular complexity index is 521. The summed E-state index contributed by atoms with van der Waals surface area (Å²) >= 11 is 0. The van der Waals surface area contributed by atoms with Crippen LogP contribution in [-0.2, 0) is 9.53 Å². The van der Waals surface area contributed by atoms with Crippen molar-refractivity contribution in [3.05, 3.63) is 17.8 Å². The Morgan fingerprint density at radius 2 is 2.38 bits per heavy atom. The number of methoxy groups -OCH3 is 1. The highest BCUT2D eigenvalue weighted by Gasteiger charge is 2.09. The molecule has 2 aromatic rings. The van der Waals surface area contributed by atoms with Crippen molar-refractivity contribution in [2.75, 3.05) is 19.0 Å². The van der Waals surface area contributed by atoms with Crippen LogP contribution in [0.1, 0.15) is 5.69 Å². The van der Waals surface area contributed by atoms with E-state index >= 15 is 0 Å². The number of fused-ring (bicyclic) bond motifs is 1. The van der Waals surface area contributed by atoms with E-state index in [2.05, 4.69) is 20.5 Å². The molecule has 2 rings (SSSR count). The molecular formula is C10H12N4O2. The van der Waals surface area contributed by atoms with Gasteiger partial charge in [0.15, 0.2) is 11.5 Å². The zero-order valence-corrected chi connectivity index (χ0v) is 9.07. The molecule has 0 aliphatic carbocycles. The minimum atomic E-state index is -0.239. The van der Waals surface area contributed by atoms with E-state index in [-0.39, 0.29) is 12.5 Å². The molecule has 84 valence electrons. The van der Waals surface area contributed by atoms with Crippen molar-refractivity contribution in [3.8, 4) is 0 Å². The highest BCUT2D eigenvalue weighted by molar-refractivity contribution is 5.99. The third-order valence-corrected chi connectivity index (χ3v) is 2.10. The Kier molecular flexibility index (Phi) is 2.82. The van der Waals surface area contributed by atoms with Crippen LogP contribution in [0.3, 0.4) is 0 Å². The van der Waals surface area contributed by atoms with E-state index in [0.29, 0.717) is 11.5 Å². The molecule has 2 N–H and O–H groups in total. The summed E-state index contributed by atoms with van der Waals surface area (Å²) in [6, 6.07) is 3.73. The topological polar surface area (TPSA) is 79.9 Å². The molecule has 0 aliphatic rings. The maximum Gasteiger partial charge on any atom is 0.251 e. The normalized spacial score (nSPS) is 10.6. The molecular weight excluding hydrogens is 208 g/mol. The average Bonchev–Trinajstić information content (AvgIpc) is 2.61. The summed E-state index contributed by atoms with van der Waals surface area (Å²) in [5.41, 5.74) is 1.55. The van der Waals surface area contributed by atoms with Gasteiger partial charge in [-0.3, -0.25) is 9.89 Å². The predicted molar refractivity (Wildman–Crippen MR) is 59.1 cm³/mol. The van der Waals surface area contributed by atoms with Crippen LogP contribution in [0.15, 0.2) is 12.1 Å². The predicted octanol–water partition coefficient (Wildman–Crippen LogP) is 0.851. The molecule has 0 saturated carbocycles. The average molecular weight is 220 g/mol. The van der Waals surface area contributed by atoms with Crippen LogP contribution in [-0.4, -0.2) is 34.8 Å². The highest BCUT2D eigenvalue weighted by Crippen LogP contribution is 2.18. The summed E-state index contributed by atoms with van der Waals surface area (Å²) in [6.45, 7) is 1.90. The van der Waals surface area contributed by atoms with Gasteiger partial charge >= 0.3 is 0 Å². The number of carbonyl (C=O) groups excluding carboxylic acids is 1. The van der Waals surface area contributed by atoms with Gasteiger partial charge in [-0.25, -0.2) is 4.98 Å². The van der Waals surface area contributed by atoms with Crippen molar-refractivity contribution in [1.82, 2.24) is 15.2 Å². The molecule has 0 aliphatic heterocycles. The van der Waals surface area contributed by atoms with Crippen LogP contribution in [0.2, 0.25) is 0 Å². The third kappa shape index (κ3) is 2.01. The lowest BCUT2D eigenvalue weighted by Gasteiger charge is -2.00. The van der Waals surface area contributed by atoms with Crippen molar-refractivity contribution in [2.24, 2.45) is 0 Å². The minimum absolute atomic E-state index is 0.00758. The fourth-order valence-electron chi connectivity index (χ4n) is 1.40. The number of carbonyl (C=O) groups is 1. The summed E-state index contributed by atoms with van der Waals surface area (Å²) in [6.07, 6.45) is 0. The number of H-pyrrole nitrogens is 1. The van der Waals surface area contributed by atoms with Gasteiger partial charge in [0.25, 0.3) is 5.91 Å². The maximum atomic E-state index is 11.3. The Labute approximate surface area is 92.0 Å². The number of pyridine rings is 1. The van der Waals surface area contributed by atoms with Gasteiger partial charge in [-0.15, -0.1) is 0 Å². The number of hydrogen-bond acceptors (Lipinski definition) is 4. The number of aryl methyl sites for hydroxylation is 1. The molecule has 0 bridgehead atoms. The lowest BCUT2D eigenvalue weighted by atomic mass is 10.3. The smallest absolute Gasteiger partial charge is 0.251 e. The van der Waals surface area contributed by atoms with E-state index in [9.17, 15) is 4.79 Å². The first-order valence-electron chi connectivity index (χ1n) is 4.81. The first-order chi connectivity index (χ1) is 7.70. The van der Waals surface area contributed by atoms with Gasteiger partial charge in [0, 0.05) is 12.8 Å². The summed E-state index contributed by atoms with van der Waals surface area (Å²) < 4.78 is 4.72. The van der Waals surface area contributed by atoms with Crippen LogP contribution >= 0.6 is 0 Å². The fraction of sp³-hybridized carbons (Fsp3) is 0.300. The molecule has 0 fully saturated rings. The van der Waals surface area contributed by atoms with Gasteiger partial charge in [0.1, 0.15) is 6.61 Å². The Morgan fingerprint density at radius 1 is 1.56 bits per heavy atom. The molecule has 6 nitrogen and oxygen atoms in total. The van der Waals surface area contributed by atoms with Crippen LogP contribution < -0.4 is 5.32 Å². The van der Waals surface area contributed by atoms with Gasteiger partial charge in [-0.2, -0.15) is 5.10 Å². The number of anilines is 1. The summed E-state index contributed by atoms with van der Waals surface area (Å²) in [7, 11) is 1.47. The van der Waals surface area contributed by atoms with Crippen molar-refractivity contribution in [2.45, 2.75) is 6.92 Å². The minimum Gasteiger partial charge on any atom is -0.375 e. The molecule has 2 aromatic heterocycles. The number of aromatic nitrogens is 3. The number of rotatable bonds is 3. The van der Waals surface area contributed by atoms with Crippen LogP contribution in [0.5, 0.6) is 0 Å². The molecule has 1 amide bonds. The molecule has 0 unspecified atom stereocenters. The molecule has 0 saturated heterocycles. The van der Waals surface area contributed by atoms with E-state index in [4.69, 9.17) is 4.74 Å². The zero-order chi connectivity index (χ0) is 11.5. The van der Waals surface area contributed by atoms with Crippen molar-refractivity contribution in [1.29, 1.82) is 0 Å². The fourth-order valence-corrected chi connectivity index (χ4v) is 1.40. The van der Waals surface area contributed by atoms with Crippen LogP contribution in [0.4, 0.5) is 5.82 Å². The molecule has 0 spiro atoms. The standard InChI is InChI=1S/C10H12N4O2/c1-6-3-4-7-9(11-6)13-14-10(7)12-8(15)5-16-2/h3-4H,5H2,1-2H3,(H2,11,12,13,14,15). The second kappa shape index (κ2) is 4.28. The Balaban J connectivity index is 2.28. The number of aromatic amines is 1. The summed E-state index contributed by atoms with van der Waals surface area (Å²) in [5, 5.41) is 10.2. The number of hydrogen-bond donors (Lipinski definition) is 2. The lowest BCUT2D eigenvalue weighted by molar-refractivity contribution is -0.119. The van der Waals surface area contributed by atoms with E-state index < -0.39 is 0 Å². The van der Waals surface area contributed by atoms with Gasteiger partial charge in [-0.1, -0.05) is 0 Å². The van der Waals surface area contributed by atoms with E-state index in [1.807, 2.05) is 19.1 Å². The number of amides is 1. The van der Waals surface area contributed by atoms with Crippen molar-refractivity contribution >= 4 is 22.8 Å².